The van der Waals surface area contributed by atoms with Gasteiger partial charge in [-0.25, -0.2) is 9.97 Å². The number of aromatic nitrogens is 4. The van der Waals surface area contributed by atoms with E-state index in [0.29, 0.717) is 22.4 Å². The zero-order valence-electron chi connectivity index (χ0n) is 27.4. The van der Waals surface area contributed by atoms with Gasteiger partial charge in [0.15, 0.2) is 0 Å². The second-order valence-electron chi connectivity index (χ2n) is 11.0. The van der Waals surface area contributed by atoms with Crippen LogP contribution in [0, 0.1) is 6.85 Å². The van der Waals surface area contributed by atoms with Crippen molar-refractivity contribution in [2.24, 2.45) is 0 Å². The molecule has 5 aromatic carbocycles. The van der Waals surface area contributed by atoms with Crippen LogP contribution in [0.4, 0.5) is 0 Å². The van der Waals surface area contributed by atoms with Gasteiger partial charge >= 0.3 is 0 Å². The van der Waals surface area contributed by atoms with E-state index in [1.807, 2.05) is 91.0 Å². The van der Waals surface area contributed by atoms with Gasteiger partial charge in [-0.05, 0) is 52.2 Å². The molecule has 8 aromatic rings. The number of rotatable bonds is 6. The minimum Gasteiger partial charge on any atom is -0.293 e. The van der Waals surface area contributed by atoms with Crippen LogP contribution in [-0.2, 0) is 0 Å². The molecule has 0 aliphatic carbocycles. The number of nitrogens with zero attached hydrogens (tertiary/aromatic N) is 4. The topological polar surface area (TPSA) is 43.6 Å². The maximum Gasteiger partial charge on any atom is 0.226 e. The van der Waals surface area contributed by atoms with Crippen molar-refractivity contribution in [2.45, 2.75) is 6.85 Å². The first-order valence-corrected chi connectivity index (χ1v) is 17.0. The molecule has 3 aromatic heterocycles. The molecule has 0 saturated heterocycles. The van der Waals surface area contributed by atoms with Crippen LogP contribution in [0.5, 0.6) is 0 Å². The van der Waals surface area contributed by atoms with Gasteiger partial charge in [0, 0.05) is 32.8 Å². The fourth-order valence-corrected chi connectivity index (χ4v) is 11.1. The minimum atomic E-state index is -3.31. The fraction of sp³-hybridized carbons (Fsp3) is 0.0250. The van der Waals surface area contributed by atoms with Crippen molar-refractivity contribution in [3.63, 3.8) is 0 Å². The molecule has 0 amide bonds. The quantitative estimate of drug-likeness (QED) is 0.166. The smallest absolute Gasteiger partial charge is 0.226 e. The predicted octanol–water partition coefficient (Wildman–Crippen LogP) is 6.32. The lowest BCUT2D eigenvalue weighted by atomic mass is 10.1. The first-order valence-electron chi connectivity index (χ1n) is 16.5. The molecule has 0 aliphatic heterocycles. The van der Waals surface area contributed by atoms with Crippen LogP contribution in [0.3, 0.4) is 0 Å². The standard InChI is InChI=1S/C40H30N4Si/c1-29-38(30-25-27-41-28-26-30)39(44-36-23-13-11-21-34(36)35-22-12-14-24-37(35)44)43-40(42-29)45(31-15-5-2-6-16-31,32-17-7-3-8-18-32)33-19-9-4-10-20-33/h2-28H,1H3/i1D3. The highest BCUT2D eigenvalue weighted by Gasteiger charge is 2.45. The van der Waals surface area contributed by atoms with Crippen molar-refractivity contribution < 1.29 is 4.11 Å². The molecule has 0 radical (unpaired) electrons. The highest BCUT2D eigenvalue weighted by Crippen LogP contribution is 2.35. The molecule has 0 unspecified atom stereocenters. The Morgan fingerprint density at radius 2 is 1.00 bits per heavy atom. The molecule has 0 atom stereocenters. The molecule has 8 rings (SSSR count). The lowest BCUT2D eigenvalue weighted by Crippen LogP contribution is -2.76. The number of pyridine rings is 1. The van der Waals surface area contributed by atoms with Gasteiger partial charge in [-0.3, -0.25) is 9.55 Å². The SMILES string of the molecule is [2H]C([2H])([2H])c1nc([Si](c2ccccc2)(c2ccccc2)c2ccccc2)nc(-n2c3ccccc3c3ccccc32)c1-c1ccncc1. The van der Waals surface area contributed by atoms with E-state index in [9.17, 15) is 0 Å². The van der Waals surface area contributed by atoms with Crippen molar-refractivity contribution in [1.29, 1.82) is 0 Å². The summed E-state index contributed by atoms with van der Waals surface area (Å²) in [6, 6.07) is 51.1. The van der Waals surface area contributed by atoms with E-state index in [-0.39, 0.29) is 5.69 Å². The Morgan fingerprint density at radius 1 is 0.533 bits per heavy atom. The molecule has 0 saturated carbocycles. The summed E-state index contributed by atoms with van der Waals surface area (Å²) in [4.78, 5) is 15.1. The molecular weight excluding hydrogens is 565 g/mol. The Morgan fingerprint density at radius 3 is 1.49 bits per heavy atom. The highest BCUT2D eigenvalue weighted by atomic mass is 28.3. The monoisotopic (exact) mass is 597 g/mol. The van der Waals surface area contributed by atoms with Crippen molar-refractivity contribution >= 4 is 50.9 Å². The van der Waals surface area contributed by atoms with E-state index in [1.165, 1.54) is 0 Å². The summed E-state index contributed by atoms with van der Waals surface area (Å²) in [5.74, 6) is 0.523. The number of hydrogen-bond donors (Lipinski definition) is 0. The largest absolute Gasteiger partial charge is 0.293 e. The third-order valence-electron chi connectivity index (χ3n) is 8.61. The summed E-state index contributed by atoms with van der Waals surface area (Å²) in [6.45, 7) is -2.56. The summed E-state index contributed by atoms with van der Waals surface area (Å²) in [5, 5.41) is 5.29. The van der Waals surface area contributed by atoms with Gasteiger partial charge in [0.1, 0.15) is 11.3 Å². The van der Waals surface area contributed by atoms with Crippen LogP contribution in [0.15, 0.2) is 164 Å². The molecular formula is C40H30N4Si. The molecule has 0 N–H and O–H groups in total. The average molecular weight is 598 g/mol. The van der Waals surface area contributed by atoms with E-state index in [4.69, 9.17) is 14.1 Å². The predicted molar refractivity (Wildman–Crippen MR) is 188 cm³/mol. The fourth-order valence-electron chi connectivity index (χ4n) is 6.67. The van der Waals surface area contributed by atoms with Gasteiger partial charge in [0.25, 0.3) is 0 Å². The summed E-state index contributed by atoms with van der Waals surface area (Å²) in [5.41, 5.74) is 3.53. The first-order chi connectivity index (χ1) is 23.5. The Labute approximate surface area is 267 Å². The maximum absolute atomic E-state index is 8.96. The van der Waals surface area contributed by atoms with Crippen LogP contribution in [0.25, 0.3) is 38.8 Å². The van der Waals surface area contributed by atoms with Gasteiger partial charge < -0.3 is 0 Å². The number of benzene rings is 5. The van der Waals surface area contributed by atoms with Crippen LogP contribution in [0.2, 0.25) is 0 Å². The van der Waals surface area contributed by atoms with Crippen molar-refractivity contribution in [3.05, 3.63) is 170 Å². The van der Waals surface area contributed by atoms with Crippen LogP contribution < -0.4 is 21.0 Å². The van der Waals surface area contributed by atoms with E-state index in [1.54, 1.807) is 12.4 Å². The molecule has 0 fully saturated rings. The summed E-state index contributed by atoms with van der Waals surface area (Å²) < 4.78 is 29.0. The molecule has 214 valence electrons. The molecule has 0 spiro atoms. The van der Waals surface area contributed by atoms with Crippen LogP contribution >= 0.6 is 0 Å². The van der Waals surface area contributed by atoms with E-state index in [2.05, 4.69) is 70.2 Å². The number of hydrogen-bond acceptors (Lipinski definition) is 3. The molecule has 0 aliphatic rings. The van der Waals surface area contributed by atoms with Gasteiger partial charge in [-0.15, -0.1) is 0 Å². The summed E-state index contributed by atoms with van der Waals surface area (Å²) >= 11 is 0. The lowest BCUT2D eigenvalue weighted by molar-refractivity contribution is 1.04. The van der Waals surface area contributed by atoms with E-state index < -0.39 is 14.9 Å². The molecule has 4 nitrogen and oxygen atoms in total. The second kappa shape index (κ2) is 11.1. The number of aryl methyl sites for hydroxylation is 1. The molecule has 0 bridgehead atoms. The first kappa shape index (κ1) is 23.8. The minimum absolute atomic E-state index is 0.00947. The number of para-hydroxylation sites is 2. The molecule has 3 heterocycles. The van der Waals surface area contributed by atoms with Gasteiger partial charge in [0.05, 0.1) is 16.7 Å². The van der Waals surface area contributed by atoms with Crippen LogP contribution in [-0.4, -0.2) is 27.6 Å². The third kappa shape index (κ3) is 4.32. The Balaban J connectivity index is 1.62. The van der Waals surface area contributed by atoms with Gasteiger partial charge in [-0.1, -0.05) is 127 Å². The normalized spacial score (nSPS) is 12.9. The van der Waals surface area contributed by atoms with Crippen LogP contribution in [0.1, 0.15) is 9.81 Å². The summed E-state index contributed by atoms with van der Waals surface area (Å²) in [7, 11) is -3.31. The second-order valence-corrected chi connectivity index (χ2v) is 14.7. The Hall–Kier alpha value is -5.65. The lowest BCUT2D eigenvalue weighted by Gasteiger charge is -2.33. The van der Waals surface area contributed by atoms with Gasteiger partial charge in [0.2, 0.25) is 8.07 Å². The van der Waals surface area contributed by atoms with Crippen molar-refractivity contribution in [3.8, 4) is 16.9 Å². The van der Waals surface area contributed by atoms with E-state index in [0.717, 1.165) is 37.4 Å². The summed E-state index contributed by atoms with van der Waals surface area (Å²) in [6.07, 6.45) is 3.36. The van der Waals surface area contributed by atoms with Crippen molar-refractivity contribution in [2.75, 3.05) is 0 Å². The van der Waals surface area contributed by atoms with Gasteiger partial charge in [-0.2, -0.15) is 0 Å². The maximum atomic E-state index is 8.96. The average Bonchev–Trinajstić information content (AvgIpc) is 3.47. The molecule has 45 heavy (non-hydrogen) atoms. The zero-order valence-corrected chi connectivity index (χ0v) is 25.4. The van der Waals surface area contributed by atoms with E-state index >= 15 is 0 Å². The number of fused-ring (bicyclic) bond motifs is 3. The highest BCUT2D eigenvalue weighted by molar-refractivity contribution is 7.19. The Bertz CT molecular complexity index is 2230. The zero-order chi connectivity index (χ0) is 32.7. The molecule has 5 heteroatoms. The Kier molecular flexibility index (Phi) is 5.87. The third-order valence-corrected chi connectivity index (χ3v) is 13.1. The van der Waals surface area contributed by atoms with Crippen molar-refractivity contribution in [1.82, 2.24) is 19.5 Å².